The zero-order valence-electron chi connectivity index (χ0n) is 14.4. The van der Waals surface area contributed by atoms with E-state index in [4.69, 9.17) is 4.74 Å². The summed E-state index contributed by atoms with van der Waals surface area (Å²) in [5.74, 6) is 1.19. The first kappa shape index (κ1) is 17.2. The molecule has 27 heavy (non-hydrogen) atoms. The van der Waals surface area contributed by atoms with Gasteiger partial charge in [-0.2, -0.15) is 0 Å². The fraction of sp³-hybridized carbons (Fsp3) is 0.150. The first-order chi connectivity index (χ1) is 13.2. The molecule has 1 aliphatic heterocycles. The molecule has 0 spiro atoms. The van der Waals surface area contributed by atoms with Crippen LogP contribution < -0.4 is 15.0 Å². The van der Waals surface area contributed by atoms with Gasteiger partial charge in [0.1, 0.15) is 17.2 Å². The van der Waals surface area contributed by atoms with Crippen LogP contribution >= 0.6 is 11.3 Å². The molecule has 4 rings (SSSR count). The van der Waals surface area contributed by atoms with Crippen molar-refractivity contribution in [3.63, 3.8) is 0 Å². The Balaban J connectivity index is 1.39. The van der Waals surface area contributed by atoms with Gasteiger partial charge >= 0.3 is 0 Å². The maximum Gasteiger partial charge on any atom is 0.271 e. The zero-order chi connectivity index (χ0) is 18.6. The number of para-hydroxylation sites is 1. The average Bonchev–Trinajstić information content (AvgIpc) is 3.33. The van der Waals surface area contributed by atoms with E-state index in [2.05, 4.69) is 10.3 Å². The molecule has 0 aliphatic carbocycles. The molecule has 1 fully saturated rings. The topological polar surface area (TPSA) is 71.5 Å². The van der Waals surface area contributed by atoms with E-state index in [1.807, 2.05) is 54.6 Å². The molecular formula is C20H17N3O3S. The van der Waals surface area contributed by atoms with E-state index in [9.17, 15) is 9.59 Å². The van der Waals surface area contributed by atoms with Gasteiger partial charge in [-0.3, -0.25) is 9.59 Å². The smallest absolute Gasteiger partial charge is 0.271 e. The molecule has 136 valence electrons. The van der Waals surface area contributed by atoms with E-state index < -0.39 is 0 Å². The Kier molecular flexibility index (Phi) is 4.84. The number of anilines is 1. The molecule has 0 radical (unpaired) electrons. The standard InChI is InChI=1S/C20H17N3O3S/c24-19-10-14(22-20(25)18-12-27-13-21-18)11-23(19)15-6-8-17(9-7-15)26-16-4-2-1-3-5-16/h1-9,12-14H,10-11H2,(H,22,25). The van der Waals surface area contributed by atoms with Crippen LogP contribution in [0.15, 0.2) is 65.5 Å². The third kappa shape index (κ3) is 3.98. The molecule has 1 atom stereocenters. The van der Waals surface area contributed by atoms with Crippen LogP contribution in [0.25, 0.3) is 0 Å². The van der Waals surface area contributed by atoms with Crippen LogP contribution in [0.3, 0.4) is 0 Å². The summed E-state index contributed by atoms with van der Waals surface area (Å²) in [7, 11) is 0. The van der Waals surface area contributed by atoms with Crippen molar-refractivity contribution in [2.45, 2.75) is 12.5 Å². The van der Waals surface area contributed by atoms with Gasteiger partial charge in [0.2, 0.25) is 5.91 Å². The van der Waals surface area contributed by atoms with Gasteiger partial charge in [0.25, 0.3) is 5.91 Å². The van der Waals surface area contributed by atoms with Gasteiger partial charge in [-0.15, -0.1) is 11.3 Å². The molecule has 7 heteroatoms. The lowest BCUT2D eigenvalue weighted by Crippen LogP contribution is -2.37. The summed E-state index contributed by atoms with van der Waals surface area (Å²) in [5, 5.41) is 4.56. The van der Waals surface area contributed by atoms with Crippen LogP contribution in [-0.2, 0) is 4.79 Å². The second kappa shape index (κ2) is 7.59. The van der Waals surface area contributed by atoms with Crippen LogP contribution in [0.4, 0.5) is 5.69 Å². The van der Waals surface area contributed by atoms with Gasteiger partial charge in [-0.25, -0.2) is 4.98 Å². The van der Waals surface area contributed by atoms with Crippen molar-refractivity contribution >= 4 is 28.8 Å². The van der Waals surface area contributed by atoms with Crippen molar-refractivity contribution in [2.24, 2.45) is 0 Å². The quantitative estimate of drug-likeness (QED) is 0.737. The Morgan fingerprint density at radius 1 is 1.11 bits per heavy atom. The van der Waals surface area contributed by atoms with Crippen LogP contribution in [0.1, 0.15) is 16.9 Å². The summed E-state index contributed by atoms with van der Waals surface area (Å²) in [6, 6.07) is 16.6. The first-order valence-electron chi connectivity index (χ1n) is 8.51. The lowest BCUT2D eigenvalue weighted by atomic mass is 10.2. The van der Waals surface area contributed by atoms with Crippen LogP contribution in [0.5, 0.6) is 11.5 Å². The minimum atomic E-state index is -0.248. The second-order valence-electron chi connectivity index (χ2n) is 6.16. The molecule has 1 aliphatic rings. The molecule has 1 N–H and O–H groups in total. The highest BCUT2D eigenvalue weighted by Crippen LogP contribution is 2.27. The lowest BCUT2D eigenvalue weighted by Gasteiger charge is -2.17. The number of amides is 2. The number of aromatic nitrogens is 1. The molecule has 3 aromatic rings. The highest BCUT2D eigenvalue weighted by molar-refractivity contribution is 7.07. The lowest BCUT2D eigenvalue weighted by molar-refractivity contribution is -0.117. The van der Waals surface area contributed by atoms with Crippen LogP contribution in [-0.4, -0.2) is 29.4 Å². The molecular weight excluding hydrogens is 362 g/mol. The molecule has 2 amide bonds. The molecule has 0 bridgehead atoms. The number of benzene rings is 2. The van der Waals surface area contributed by atoms with E-state index >= 15 is 0 Å². The predicted octanol–water partition coefficient (Wildman–Crippen LogP) is 3.47. The van der Waals surface area contributed by atoms with Gasteiger partial charge in [-0.1, -0.05) is 18.2 Å². The van der Waals surface area contributed by atoms with E-state index in [0.717, 1.165) is 11.4 Å². The van der Waals surface area contributed by atoms with Crippen LogP contribution in [0.2, 0.25) is 0 Å². The second-order valence-corrected chi connectivity index (χ2v) is 6.88. The van der Waals surface area contributed by atoms with Crippen molar-refractivity contribution in [3.8, 4) is 11.5 Å². The van der Waals surface area contributed by atoms with Gasteiger partial charge in [0, 0.05) is 24.0 Å². The molecule has 1 unspecified atom stereocenters. The molecule has 0 saturated carbocycles. The van der Waals surface area contributed by atoms with Crippen molar-refractivity contribution in [1.29, 1.82) is 0 Å². The monoisotopic (exact) mass is 379 g/mol. The van der Waals surface area contributed by atoms with Crippen LogP contribution in [0, 0.1) is 0 Å². The Morgan fingerprint density at radius 2 is 1.85 bits per heavy atom. The number of rotatable bonds is 5. The summed E-state index contributed by atoms with van der Waals surface area (Å²) < 4.78 is 5.77. The van der Waals surface area contributed by atoms with Crippen molar-refractivity contribution in [1.82, 2.24) is 10.3 Å². The molecule has 1 aromatic heterocycles. The normalized spacial score (nSPS) is 16.4. The summed E-state index contributed by atoms with van der Waals surface area (Å²) in [6.45, 7) is 0.438. The van der Waals surface area contributed by atoms with E-state index in [1.54, 1.807) is 15.8 Å². The maximum atomic E-state index is 12.4. The van der Waals surface area contributed by atoms with E-state index in [-0.39, 0.29) is 24.3 Å². The predicted molar refractivity (Wildman–Crippen MR) is 103 cm³/mol. The number of nitrogens with one attached hydrogen (secondary N) is 1. The van der Waals surface area contributed by atoms with Crippen molar-refractivity contribution < 1.29 is 14.3 Å². The first-order valence-corrected chi connectivity index (χ1v) is 9.46. The fourth-order valence-electron chi connectivity index (χ4n) is 2.96. The number of thiazole rings is 1. The van der Waals surface area contributed by atoms with Crippen molar-refractivity contribution in [2.75, 3.05) is 11.4 Å². The van der Waals surface area contributed by atoms with Gasteiger partial charge in [-0.05, 0) is 36.4 Å². The third-order valence-electron chi connectivity index (χ3n) is 4.25. The Labute approximate surface area is 160 Å². The number of hydrogen-bond donors (Lipinski definition) is 1. The molecule has 1 saturated heterocycles. The zero-order valence-corrected chi connectivity index (χ0v) is 15.2. The van der Waals surface area contributed by atoms with E-state index in [0.29, 0.717) is 18.0 Å². The third-order valence-corrected chi connectivity index (χ3v) is 4.84. The minimum Gasteiger partial charge on any atom is -0.457 e. The number of hydrogen-bond acceptors (Lipinski definition) is 5. The summed E-state index contributed by atoms with van der Waals surface area (Å²) >= 11 is 1.36. The van der Waals surface area contributed by atoms with Gasteiger partial charge in [0.05, 0.1) is 11.6 Å². The molecule has 6 nitrogen and oxygen atoms in total. The summed E-state index contributed by atoms with van der Waals surface area (Å²) in [4.78, 5) is 30.1. The molecule has 2 aromatic carbocycles. The summed E-state index contributed by atoms with van der Waals surface area (Å²) in [6.07, 6.45) is 0.276. The average molecular weight is 379 g/mol. The Morgan fingerprint density at radius 3 is 2.56 bits per heavy atom. The Bertz CT molecular complexity index is 927. The van der Waals surface area contributed by atoms with E-state index in [1.165, 1.54) is 11.3 Å². The highest BCUT2D eigenvalue weighted by atomic mass is 32.1. The summed E-state index contributed by atoms with van der Waals surface area (Å²) in [5.41, 5.74) is 2.78. The van der Waals surface area contributed by atoms with Gasteiger partial charge in [0.15, 0.2) is 0 Å². The maximum absolute atomic E-state index is 12.4. The minimum absolute atomic E-state index is 0.0182. The fourth-order valence-corrected chi connectivity index (χ4v) is 3.49. The number of carbonyl (C=O) groups is 2. The number of nitrogens with zero attached hydrogens (tertiary/aromatic N) is 2. The number of carbonyl (C=O) groups excluding carboxylic acids is 2. The highest BCUT2D eigenvalue weighted by Gasteiger charge is 2.32. The largest absolute Gasteiger partial charge is 0.457 e. The Hall–Kier alpha value is -3.19. The number of ether oxygens (including phenoxy) is 1. The van der Waals surface area contributed by atoms with Crippen molar-refractivity contribution in [3.05, 3.63) is 71.2 Å². The molecule has 2 heterocycles. The SMILES string of the molecule is O=C(NC1CC(=O)N(c2ccc(Oc3ccccc3)cc2)C1)c1cscn1. The van der Waals surface area contributed by atoms with Gasteiger partial charge < -0.3 is 15.0 Å².